The molecule has 2 fully saturated rings. The Labute approximate surface area is 281 Å². The number of aliphatic hydroxyl groups is 1. The summed E-state index contributed by atoms with van der Waals surface area (Å²) in [5.41, 5.74) is 0. The molecule has 14 heteroatoms. The Morgan fingerprint density at radius 1 is 1.10 bits per heavy atom. The van der Waals surface area contributed by atoms with Crippen LogP contribution in [0.25, 0.3) is 0 Å². The van der Waals surface area contributed by atoms with Crippen molar-refractivity contribution in [3.63, 3.8) is 0 Å². The number of carbonyl (C=O) groups excluding carboxylic acids is 3. The number of amides is 1. The molecule has 7 atom stereocenters. The third kappa shape index (κ3) is 20.5. The summed E-state index contributed by atoms with van der Waals surface area (Å²) in [6, 6.07) is 0. The standard InChI is InChI=1S/C20H34NO8.C6H12BNO.2CH3.V.W/c1-6-25-11-9-21-18(24)8-7-10-26-20-14(3)13(2)19(28-16(5)23)17(29-20)12-27-15(4)22;7-6-1-5(4-9)2-8-3-6;;;;/h13-14,17,19-20H,1,6-12H2,2-5H3,(H,21,24);5-6,8-9H,1-4H2;2*1H3;;/q-1;;2*-1;+2;. The van der Waals surface area contributed by atoms with Crippen LogP contribution in [0.4, 0.5) is 0 Å². The Balaban J connectivity index is -0.000000476. The Bertz CT molecular complexity index is 714. The molecule has 0 spiro atoms. The first-order valence-corrected chi connectivity index (χ1v) is 13.4. The van der Waals surface area contributed by atoms with Gasteiger partial charge in [0.25, 0.3) is 0 Å². The zero-order valence-corrected chi connectivity index (χ0v) is 30.5. The molecule has 0 aromatic rings. The maximum absolute atomic E-state index is 11.8. The molecule has 0 aliphatic carbocycles. The van der Waals surface area contributed by atoms with Crippen LogP contribution in [0.3, 0.4) is 0 Å². The molecule has 2 aliphatic rings. The molecular weight excluding hydrogens is 754 g/mol. The van der Waals surface area contributed by atoms with Gasteiger partial charge in [0.15, 0.2) is 6.29 Å². The van der Waals surface area contributed by atoms with Crippen LogP contribution in [0.15, 0.2) is 0 Å². The van der Waals surface area contributed by atoms with E-state index in [1.165, 1.54) is 13.8 Å². The first-order chi connectivity index (χ1) is 18.1. The SMILES string of the molecule is [B]C1CNCC(CO)C1.[CH2-]COCCNC(=O)CCCOC1OC(COC(C)=O)C(OC(C)=O)C(C)C1C.[CH3-].[CH3-].[V+2].[W]. The molecule has 11 nitrogen and oxygen atoms in total. The summed E-state index contributed by atoms with van der Waals surface area (Å²) in [6.07, 6.45) is 0.122. The van der Waals surface area contributed by atoms with Crippen molar-refractivity contribution in [2.45, 2.75) is 71.3 Å². The molecule has 3 N–H and O–H groups in total. The minimum atomic E-state index is -0.615. The van der Waals surface area contributed by atoms with Gasteiger partial charge in [-0.25, -0.2) is 0 Å². The number of carbonyl (C=O) groups is 3. The summed E-state index contributed by atoms with van der Waals surface area (Å²) >= 11 is 0. The van der Waals surface area contributed by atoms with E-state index in [1.807, 2.05) is 13.8 Å². The second kappa shape index (κ2) is 28.1. The predicted molar refractivity (Wildman–Crippen MR) is 154 cm³/mol. The Morgan fingerprint density at radius 3 is 2.29 bits per heavy atom. The van der Waals surface area contributed by atoms with Crippen LogP contribution in [-0.4, -0.2) is 102 Å². The van der Waals surface area contributed by atoms with Crippen molar-refractivity contribution in [3.05, 3.63) is 21.8 Å². The van der Waals surface area contributed by atoms with Gasteiger partial charge < -0.3 is 61.2 Å². The number of ether oxygens (including phenoxy) is 5. The average Bonchev–Trinajstić information content (AvgIpc) is 2.87. The fourth-order valence-corrected chi connectivity index (χ4v) is 4.25. The second-order valence-electron chi connectivity index (χ2n) is 9.78. The number of hydrogen-bond donors (Lipinski definition) is 3. The molecule has 3 radical (unpaired) electrons. The molecule has 7 unspecified atom stereocenters. The number of nitrogens with one attached hydrogen (secondary N) is 2. The fourth-order valence-electron chi connectivity index (χ4n) is 4.25. The Kier molecular flexibility index (Phi) is 32.4. The smallest absolute Gasteiger partial charge is 0.463 e. The first-order valence-electron chi connectivity index (χ1n) is 13.4. The quantitative estimate of drug-likeness (QED) is 0.109. The summed E-state index contributed by atoms with van der Waals surface area (Å²) in [7, 11) is 5.63. The van der Waals surface area contributed by atoms with E-state index >= 15 is 0 Å². The summed E-state index contributed by atoms with van der Waals surface area (Å²) < 4.78 is 27.3. The summed E-state index contributed by atoms with van der Waals surface area (Å²) in [5.74, 6) is -0.419. The van der Waals surface area contributed by atoms with E-state index in [-0.39, 0.29) is 91.2 Å². The Hall–Kier alpha value is -0.452. The minimum absolute atomic E-state index is 0. The van der Waals surface area contributed by atoms with E-state index in [2.05, 4.69) is 17.6 Å². The summed E-state index contributed by atoms with van der Waals surface area (Å²) in [5, 5.41) is 14.6. The molecular formula is C28H52BN2O9VW-. The molecule has 1 amide bonds. The molecule has 0 aromatic carbocycles. The van der Waals surface area contributed by atoms with Gasteiger partial charge in [-0.2, -0.15) is 0 Å². The number of hydrogen-bond acceptors (Lipinski definition) is 10. The third-order valence-corrected chi connectivity index (χ3v) is 6.48. The van der Waals surface area contributed by atoms with Crippen molar-refractivity contribution in [2.24, 2.45) is 17.8 Å². The zero-order chi connectivity index (χ0) is 28.5. The van der Waals surface area contributed by atoms with Gasteiger partial charge in [-0.3, -0.25) is 14.4 Å². The van der Waals surface area contributed by atoms with E-state index in [4.69, 9.17) is 36.6 Å². The minimum Gasteiger partial charge on any atom is -0.463 e. The van der Waals surface area contributed by atoms with Crippen molar-refractivity contribution in [1.82, 2.24) is 10.6 Å². The van der Waals surface area contributed by atoms with Crippen molar-refractivity contribution >= 4 is 25.7 Å². The summed E-state index contributed by atoms with van der Waals surface area (Å²) in [4.78, 5) is 34.4. The van der Waals surface area contributed by atoms with Crippen molar-refractivity contribution in [1.29, 1.82) is 0 Å². The maximum Gasteiger partial charge on any atom is 2.00 e. The molecule has 2 saturated heterocycles. The number of esters is 2. The van der Waals surface area contributed by atoms with Gasteiger partial charge in [0, 0.05) is 72.9 Å². The van der Waals surface area contributed by atoms with Crippen LogP contribution in [0, 0.1) is 39.5 Å². The van der Waals surface area contributed by atoms with Gasteiger partial charge >= 0.3 is 30.5 Å². The van der Waals surface area contributed by atoms with Crippen LogP contribution in [0.2, 0.25) is 5.82 Å². The van der Waals surface area contributed by atoms with Crippen LogP contribution < -0.4 is 10.6 Å². The molecule has 0 saturated carbocycles. The van der Waals surface area contributed by atoms with Gasteiger partial charge in [-0.15, -0.1) is 0 Å². The fraction of sp³-hybridized carbons (Fsp3) is 0.786. The number of rotatable bonds is 13. The number of aliphatic hydroxyl groups excluding tert-OH is 1. The van der Waals surface area contributed by atoms with Gasteiger partial charge in [0.05, 0.1) is 21.1 Å². The largest absolute Gasteiger partial charge is 2.00 e. The predicted octanol–water partition coefficient (Wildman–Crippen LogP) is 1.68. The number of piperidine rings is 1. The molecule has 0 aromatic heterocycles. The van der Waals surface area contributed by atoms with Gasteiger partial charge in [-0.1, -0.05) is 32.7 Å². The van der Waals surface area contributed by atoms with E-state index in [9.17, 15) is 14.4 Å². The molecule has 2 aliphatic heterocycles. The topological polar surface area (TPSA) is 142 Å². The van der Waals surface area contributed by atoms with Crippen LogP contribution >= 0.6 is 0 Å². The molecule has 243 valence electrons. The zero-order valence-electron chi connectivity index (χ0n) is 26.2. The van der Waals surface area contributed by atoms with Gasteiger partial charge in [0.2, 0.25) is 5.91 Å². The average molecular weight is 806 g/mol. The van der Waals surface area contributed by atoms with Gasteiger partial charge in [-0.05, 0) is 18.9 Å². The van der Waals surface area contributed by atoms with Crippen LogP contribution in [-0.2, 0) is 77.7 Å². The van der Waals surface area contributed by atoms with Crippen LogP contribution in [0.1, 0.15) is 47.0 Å². The van der Waals surface area contributed by atoms with Crippen molar-refractivity contribution in [3.8, 4) is 0 Å². The van der Waals surface area contributed by atoms with E-state index < -0.39 is 30.4 Å². The van der Waals surface area contributed by atoms with E-state index in [0.29, 0.717) is 45.1 Å². The normalized spacial score (nSPS) is 26.2. The molecule has 42 heavy (non-hydrogen) atoms. The molecule has 2 heterocycles. The first kappa shape index (κ1) is 48.5. The molecule has 0 bridgehead atoms. The summed E-state index contributed by atoms with van der Waals surface area (Å²) in [6.45, 7) is 13.7. The third-order valence-electron chi connectivity index (χ3n) is 6.48. The Morgan fingerprint density at radius 2 is 1.76 bits per heavy atom. The van der Waals surface area contributed by atoms with Crippen molar-refractivity contribution in [2.75, 3.05) is 52.7 Å². The second-order valence-corrected chi connectivity index (χ2v) is 9.78. The van der Waals surface area contributed by atoms with Crippen LogP contribution in [0.5, 0.6) is 0 Å². The van der Waals surface area contributed by atoms with E-state index in [1.54, 1.807) is 0 Å². The monoisotopic (exact) mass is 806 g/mol. The van der Waals surface area contributed by atoms with Crippen molar-refractivity contribution < 1.29 is 82.8 Å². The maximum atomic E-state index is 11.8. The van der Waals surface area contributed by atoms with Gasteiger partial charge in [0.1, 0.15) is 18.8 Å². The van der Waals surface area contributed by atoms with E-state index in [0.717, 1.165) is 19.5 Å². The molecule has 2 rings (SSSR count).